The van der Waals surface area contributed by atoms with E-state index in [4.69, 9.17) is 0 Å². The molecule has 3 amide bonds. The van der Waals surface area contributed by atoms with Crippen molar-refractivity contribution in [3.05, 3.63) is 57.8 Å². The number of thiophene rings is 1. The number of amides is 3. The first-order valence-electron chi connectivity index (χ1n) is 9.52. The molecule has 2 aliphatic rings. The maximum absolute atomic E-state index is 13.0. The average Bonchev–Trinajstić information content (AvgIpc) is 3.46. The van der Waals surface area contributed by atoms with Gasteiger partial charge >= 0.3 is 0 Å². The summed E-state index contributed by atoms with van der Waals surface area (Å²) in [4.78, 5) is 39.1. The first-order chi connectivity index (χ1) is 13.6. The minimum atomic E-state index is -0.223. The van der Waals surface area contributed by atoms with E-state index < -0.39 is 0 Å². The number of hydrogen-bond donors (Lipinski definition) is 1. The highest BCUT2D eigenvalue weighted by molar-refractivity contribution is 8.14. The Morgan fingerprint density at radius 3 is 2.68 bits per heavy atom. The van der Waals surface area contributed by atoms with E-state index in [2.05, 4.69) is 11.4 Å². The zero-order chi connectivity index (χ0) is 19.5. The molecule has 28 heavy (non-hydrogen) atoms. The minimum Gasteiger partial charge on any atom is -0.344 e. The van der Waals surface area contributed by atoms with Crippen LogP contribution in [0.1, 0.15) is 52.5 Å². The molecular formula is C21H22N2O3S2. The van der Waals surface area contributed by atoms with Crippen LogP contribution in [0.2, 0.25) is 0 Å². The fraction of sp³-hybridized carbons (Fsp3) is 0.381. The minimum absolute atomic E-state index is 0.0387. The summed E-state index contributed by atoms with van der Waals surface area (Å²) in [6.45, 7) is 0.211. The Morgan fingerprint density at radius 1 is 1.18 bits per heavy atom. The van der Waals surface area contributed by atoms with Crippen LogP contribution in [0.5, 0.6) is 0 Å². The summed E-state index contributed by atoms with van der Waals surface area (Å²) >= 11 is 2.70. The number of nitrogens with zero attached hydrogens (tertiary/aromatic N) is 1. The van der Waals surface area contributed by atoms with Crippen molar-refractivity contribution >= 4 is 40.2 Å². The van der Waals surface area contributed by atoms with Gasteiger partial charge in [0.15, 0.2) is 0 Å². The largest absolute Gasteiger partial charge is 0.344 e. The van der Waals surface area contributed by atoms with E-state index in [1.807, 2.05) is 17.5 Å². The summed E-state index contributed by atoms with van der Waals surface area (Å²) in [6.07, 6.45) is 4.71. The van der Waals surface area contributed by atoms with Crippen molar-refractivity contribution in [1.29, 1.82) is 0 Å². The van der Waals surface area contributed by atoms with Crippen molar-refractivity contribution in [3.63, 3.8) is 0 Å². The van der Waals surface area contributed by atoms with Crippen molar-refractivity contribution in [1.82, 2.24) is 10.2 Å². The molecule has 1 atom stereocenters. The van der Waals surface area contributed by atoms with E-state index in [1.54, 1.807) is 29.5 Å². The van der Waals surface area contributed by atoms with Crippen molar-refractivity contribution < 1.29 is 14.4 Å². The van der Waals surface area contributed by atoms with Gasteiger partial charge in [0.1, 0.15) is 0 Å². The molecule has 5 nitrogen and oxygen atoms in total. The normalized spacial score (nSPS) is 18.6. The van der Waals surface area contributed by atoms with Crippen LogP contribution in [0.15, 0.2) is 41.8 Å². The second kappa shape index (κ2) is 8.49. The van der Waals surface area contributed by atoms with E-state index >= 15 is 0 Å². The molecule has 1 aromatic carbocycles. The summed E-state index contributed by atoms with van der Waals surface area (Å²) in [5.74, 6) is 0.384. The molecule has 0 bridgehead atoms. The molecule has 1 aromatic heterocycles. The second-order valence-electron chi connectivity index (χ2n) is 7.25. The number of thioether (sulfide) groups is 1. The number of benzene rings is 1. The van der Waals surface area contributed by atoms with Crippen LogP contribution in [0, 0.1) is 5.92 Å². The Labute approximate surface area is 172 Å². The Bertz CT molecular complexity index is 860. The monoisotopic (exact) mass is 414 g/mol. The molecular weight excluding hydrogens is 392 g/mol. The Kier molecular flexibility index (Phi) is 5.82. The van der Waals surface area contributed by atoms with Crippen molar-refractivity contribution in [2.24, 2.45) is 5.92 Å². The van der Waals surface area contributed by atoms with Gasteiger partial charge in [0.25, 0.3) is 11.1 Å². The number of nitrogens with one attached hydrogen (secondary N) is 1. The van der Waals surface area contributed by atoms with Gasteiger partial charge in [-0.15, -0.1) is 11.3 Å². The topological polar surface area (TPSA) is 66.5 Å². The molecule has 2 fully saturated rings. The summed E-state index contributed by atoms with van der Waals surface area (Å²) < 4.78 is 0. The summed E-state index contributed by atoms with van der Waals surface area (Å²) in [5.41, 5.74) is 1.34. The predicted octanol–water partition coefficient (Wildman–Crippen LogP) is 4.60. The number of hydrogen-bond acceptors (Lipinski definition) is 5. The van der Waals surface area contributed by atoms with Crippen LogP contribution < -0.4 is 5.32 Å². The molecule has 2 heterocycles. The molecule has 0 radical (unpaired) electrons. The molecule has 1 aliphatic carbocycles. The van der Waals surface area contributed by atoms with E-state index in [0.717, 1.165) is 30.2 Å². The Morgan fingerprint density at radius 2 is 2.00 bits per heavy atom. The SMILES string of the molecule is O=C(N[C@@H](c1cccs1)C1CCCC1)c1cccc(CN2C(=O)CSC2=O)c1. The first kappa shape index (κ1) is 19.2. The van der Waals surface area contributed by atoms with Gasteiger partial charge in [-0.25, -0.2) is 0 Å². The molecule has 0 unspecified atom stereocenters. The molecule has 1 saturated carbocycles. The molecule has 7 heteroatoms. The van der Waals surface area contributed by atoms with E-state index in [1.165, 1.54) is 22.6 Å². The maximum atomic E-state index is 13.0. The van der Waals surface area contributed by atoms with Crippen molar-refractivity contribution in [2.75, 3.05) is 5.75 Å². The molecule has 4 rings (SSSR count). The molecule has 0 spiro atoms. The van der Waals surface area contributed by atoms with E-state index in [-0.39, 0.29) is 35.4 Å². The van der Waals surface area contributed by atoms with E-state index in [9.17, 15) is 14.4 Å². The average molecular weight is 415 g/mol. The summed E-state index contributed by atoms with van der Waals surface area (Å²) in [7, 11) is 0. The number of rotatable bonds is 6. The summed E-state index contributed by atoms with van der Waals surface area (Å²) in [5, 5.41) is 5.06. The molecule has 1 aliphatic heterocycles. The number of carbonyl (C=O) groups excluding carboxylic acids is 3. The van der Waals surface area contributed by atoms with E-state index in [0.29, 0.717) is 11.5 Å². The lowest BCUT2D eigenvalue weighted by atomic mass is 9.96. The molecule has 2 aromatic rings. The predicted molar refractivity (Wildman–Crippen MR) is 111 cm³/mol. The zero-order valence-corrected chi connectivity index (χ0v) is 17.1. The van der Waals surface area contributed by atoms with Crippen LogP contribution in [0.3, 0.4) is 0 Å². The lowest BCUT2D eigenvalue weighted by molar-refractivity contribution is -0.125. The number of imide groups is 1. The van der Waals surface area contributed by atoms with Crippen LogP contribution >= 0.6 is 23.1 Å². The van der Waals surface area contributed by atoms with Gasteiger partial charge in [0, 0.05) is 10.4 Å². The van der Waals surface area contributed by atoms with Gasteiger partial charge in [0.05, 0.1) is 18.3 Å². The first-order valence-corrected chi connectivity index (χ1v) is 11.4. The molecule has 1 N–H and O–H groups in total. The third-order valence-corrected chi connectivity index (χ3v) is 7.19. The van der Waals surface area contributed by atoms with Crippen LogP contribution in [-0.2, 0) is 11.3 Å². The number of carbonyl (C=O) groups is 3. The fourth-order valence-corrected chi connectivity index (χ4v) is 5.53. The molecule has 1 saturated heterocycles. The smallest absolute Gasteiger partial charge is 0.289 e. The third kappa shape index (κ3) is 4.15. The lowest BCUT2D eigenvalue weighted by Crippen LogP contribution is -2.32. The van der Waals surface area contributed by atoms with Gasteiger partial charge in [-0.2, -0.15) is 0 Å². The quantitative estimate of drug-likeness (QED) is 0.750. The van der Waals surface area contributed by atoms with Gasteiger partial charge in [-0.1, -0.05) is 42.8 Å². The highest BCUT2D eigenvalue weighted by Crippen LogP contribution is 2.37. The van der Waals surface area contributed by atoms with Gasteiger partial charge in [0.2, 0.25) is 5.91 Å². The van der Waals surface area contributed by atoms with Crippen LogP contribution in [0.4, 0.5) is 4.79 Å². The van der Waals surface area contributed by atoms with Crippen LogP contribution in [0.25, 0.3) is 0 Å². The maximum Gasteiger partial charge on any atom is 0.289 e. The third-order valence-electron chi connectivity index (χ3n) is 5.38. The van der Waals surface area contributed by atoms with Gasteiger partial charge in [-0.3, -0.25) is 19.3 Å². The van der Waals surface area contributed by atoms with Gasteiger partial charge in [-0.05, 0) is 47.9 Å². The Hall–Kier alpha value is -2.12. The van der Waals surface area contributed by atoms with Crippen molar-refractivity contribution in [3.8, 4) is 0 Å². The van der Waals surface area contributed by atoms with Crippen LogP contribution in [-0.4, -0.2) is 27.7 Å². The fourth-order valence-electron chi connectivity index (χ4n) is 3.93. The Balaban J connectivity index is 1.49. The second-order valence-corrected chi connectivity index (χ2v) is 9.15. The highest BCUT2D eigenvalue weighted by atomic mass is 32.2. The van der Waals surface area contributed by atoms with Crippen molar-refractivity contribution in [2.45, 2.75) is 38.3 Å². The lowest BCUT2D eigenvalue weighted by Gasteiger charge is -2.24. The highest BCUT2D eigenvalue weighted by Gasteiger charge is 2.31. The molecule has 146 valence electrons. The zero-order valence-electron chi connectivity index (χ0n) is 15.4. The van der Waals surface area contributed by atoms with Gasteiger partial charge < -0.3 is 5.32 Å². The summed E-state index contributed by atoms with van der Waals surface area (Å²) in [6, 6.07) is 11.4. The standard InChI is InChI=1S/C21H22N2O3S2/c24-18-13-28-21(26)23(18)12-14-5-3-8-16(11-14)20(25)22-19(15-6-1-2-7-15)17-9-4-10-27-17/h3-5,8-11,15,19H,1-2,6-7,12-13H2,(H,22,25)/t19-/m1/s1.